The van der Waals surface area contributed by atoms with E-state index in [-0.39, 0.29) is 5.78 Å². The molecule has 22 heavy (non-hydrogen) atoms. The number of ketones is 1. The van der Waals surface area contributed by atoms with Crippen molar-refractivity contribution in [3.05, 3.63) is 59.4 Å². The highest BCUT2D eigenvalue weighted by atomic mass is 16.1. The molecule has 1 aromatic carbocycles. The van der Waals surface area contributed by atoms with Crippen LogP contribution in [0.15, 0.2) is 52.8 Å². The van der Waals surface area contributed by atoms with Crippen LogP contribution in [0.5, 0.6) is 0 Å². The third-order valence-corrected chi connectivity index (χ3v) is 3.42. The third-order valence-electron chi connectivity index (χ3n) is 3.42. The van der Waals surface area contributed by atoms with Gasteiger partial charge in [-0.2, -0.15) is 0 Å². The Balaban J connectivity index is 2.02. The van der Waals surface area contributed by atoms with Crippen molar-refractivity contribution in [3.8, 4) is 0 Å². The number of hydrogen-bond acceptors (Lipinski definition) is 4. The third kappa shape index (κ3) is 2.65. The lowest BCUT2D eigenvalue weighted by Gasteiger charge is -1.99. The molecule has 110 valence electrons. The summed E-state index contributed by atoms with van der Waals surface area (Å²) in [7, 11) is 0. The van der Waals surface area contributed by atoms with E-state index in [1.807, 2.05) is 42.6 Å². The Kier molecular flexibility index (Phi) is 3.55. The van der Waals surface area contributed by atoms with Gasteiger partial charge in [0.2, 0.25) is 0 Å². The van der Waals surface area contributed by atoms with E-state index < -0.39 is 0 Å². The van der Waals surface area contributed by atoms with Crippen molar-refractivity contribution < 1.29 is 4.79 Å². The van der Waals surface area contributed by atoms with Gasteiger partial charge in [0, 0.05) is 11.8 Å². The lowest BCUT2D eigenvalue weighted by molar-refractivity contribution is 0.101. The lowest BCUT2D eigenvalue weighted by Crippen LogP contribution is -1.89. The van der Waals surface area contributed by atoms with Crippen LogP contribution < -0.4 is 0 Å². The topological polar surface area (TPSA) is 59.1 Å². The van der Waals surface area contributed by atoms with Gasteiger partial charge in [0.25, 0.3) is 0 Å². The molecule has 5 heteroatoms. The first-order valence-corrected chi connectivity index (χ1v) is 7.02. The zero-order valence-corrected chi connectivity index (χ0v) is 12.7. The van der Waals surface area contributed by atoms with Gasteiger partial charge in [-0.3, -0.25) is 9.20 Å². The maximum atomic E-state index is 11.4. The summed E-state index contributed by atoms with van der Waals surface area (Å²) in [5, 5.41) is 8.56. The molecule has 3 rings (SSSR count). The quantitative estimate of drug-likeness (QED) is 0.524. The molecule has 0 saturated heterocycles. The Labute approximate surface area is 128 Å². The highest BCUT2D eigenvalue weighted by molar-refractivity contribution is 5.94. The standard InChI is InChI=1S/C17H16N4O/c1-11-7-8-16-18-12(2)17(21(16)10-11)20-19-15-6-4-5-14(9-15)13(3)22/h4-10H,1-3H3. The Bertz CT molecular complexity index is 893. The molecule has 0 atom stereocenters. The second-order valence-electron chi connectivity index (χ2n) is 5.26. The molecular weight excluding hydrogens is 276 g/mol. The molecule has 0 aliphatic heterocycles. The number of carbonyl (C=O) groups is 1. The van der Waals surface area contributed by atoms with Gasteiger partial charge in [-0.15, -0.1) is 10.2 Å². The molecule has 2 aromatic heterocycles. The summed E-state index contributed by atoms with van der Waals surface area (Å²) in [6.07, 6.45) is 1.98. The van der Waals surface area contributed by atoms with Gasteiger partial charge < -0.3 is 0 Å². The van der Waals surface area contributed by atoms with Gasteiger partial charge in [-0.1, -0.05) is 18.2 Å². The minimum Gasteiger partial charge on any atom is -0.295 e. The summed E-state index contributed by atoms with van der Waals surface area (Å²) in [6.45, 7) is 5.46. The predicted octanol–water partition coefficient (Wildman–Crippen LogP) is 4.57. The summed E-state index contributed by atoms with van der Waals surface area (Å²) in [6, 6.07) is 11.1. The number of rotatable bonds is 3. The number of aryl methyl sites for hydroxylation is 2. The summed E-state index contributed by atoms with van der Waals surface area (Å²) in [5.41, 5.74) is 4.06. The van der Waals surface area contributed by atoms with E-state index in [1.54, 1.807) is 18.2 Å². The van der Waals surface area contributed by atoms with Gasteiger partial charge in [-0.25, -0.2) is 4.98 Å². The van der Waals surface area contributed by atoms with E-state index in [2.05, 4.69) is 15.2 Å². The van der Waals surface area contributed by atoms with Crippen LogP contribution in [0, 0.1) is 13.8 Å². The van der Waals surface area contributed by atoms with Crippen LogP contribution >= 0.6 is 0 Å². The monoisotopic (exact) mass is 292 g/mol. The first-order chi connectivity index (χ1) is 10.5. The van der Waals surface area contributed by atoms with Crippen molar-refractivity contribution in [2.24, 2.45) is 10.2 Å². The molecule has 0 bridgehead atoms. The van der Waals surface area contributed by atoms with Crippen LogP contribution in [0.4, 0.5) is 11.5 Å². The van der Waals surface area contributed by atoms with Crippen LogP contribution in [0.1, 0.15) is 28.5 Å². The average molecular weight is 292 g/mol. The molecule has 0 aliphatic carbocycles. The van der Waals surface area contributed by atoms with Crippen molar-refractivity contribution in [3.63, 3.8) is 0 Å². The van der Waals surface area contributed by atoms with Crippen molar-refractivity contribution in [1.82, 2.24) is 9.38 Å². The van der Waals surface area contributed by atoms with Crippen molar-refractivity contribution in [2.45, 2.75) is 20.8 Å². The molecule has 5 nitrogen and oxygen atoms in total. The Morgan fingerprint density at radius 2 is 1.95 bits per heavy atom. The normalized spacial score (nSPS) is 11.4. The average Bonchev–Trinajstić information content (AvgIpc) is 2.80. The van der Waals surface area contributed by atoms with Gasteiger partial charge >= 0.3 is 0 Å². The second-order valence-corrected chi connectivity index (χ2v) is 5.26. The molecule has 0 saturated carbocycles. The van der Waals surface area contributed by atoms with Crippen LogP contribution in [-0.2, 0) is 0 Å². The van der Waals surface area contributed by atoms with Crippen LogP contribution in [0.3, 0.4) is 0 Å². The molecular formula is C17H16N4O. The number of azo groups is 1. The van der Waals surface area contributed by atoms with E-state index in [9.17, 15) is 4.79 Å². The second kappa shape index (κ2) is 5.52. The van der Waals surface area contributed by atoms with Crippen LogP contribution in [-0.4, -0.2) is 15.2 Å². The van der Waals surface area contributed by atoms with Gasteiger partial charge in [0.15, 0.2) is 11.6 Å². The zero-order chi connectivity index (χ0) is 15.7. The van der Waals surface area contributed by atoms with E-state index >= 15 is 0 Å². The predicted molar refractivity (Wildman–Crippen MR) is 85.3 cm³/mol. The molecule has 0 fully saturated rings. The lowest BCUT2D eigenvalue weighted by atomic mass is 10.1. The Morgan fingerprint density at radius 3 is 2.73 bits per heavy atom. The molecule has 0 spiro atoms. The van der Waals surface area contributed by atoms with E-state index in [0.29, 0.717) is 17.1 Å². The first-order valence-electron chi connectivity index (χ1n) is 7.02. The maximum absolute atomic E-state index is 11.4. The number of pyridine rings is 1. The van der Waals surface area contributed by atoms with E-state index in [0.717, 1.165) is 16.9 Å². The van der Waals surface area contributed by atoms with Crippen LogP contribution in [0.2, 0.25) is 0 Å². The number of carbonyl (C=O) groups excluding carboxylic acids is 1. The number of imidazole rings is 1. The first kappa shape index (κ1) is 14.1. The summed E-state index contributed by atoms with van der Waals surface area (Å²) < 4.78 is 1.92. The van der Waals surface area contributed by atoms with Crippen molar-refractivity contribution >= 4 is 22.9 Å². The fraction of sp³-hybridized carbons (Fsp3) is 0.176. The fourth-order valence-corrected chi connectivity index (χ4v) is 2.27. The highest BCUT2D eigenvalue weighted by Gasteiger charge is 2.08. The molecule has 0 aliphatic rings. The van der Waals surface area contributed by atoms with Gasteiger partial charge in [-0.05, 0) is 44.5 Å². The number of nitrogens with zero attached hydrogens (tertiary/aromatic N) is 4. The number of fused-ring (bicyclic) bond motifs is 1. The fourth-order valence-electron chi connectivity index (χ4n) is 2.27. The summed E-state index contributed by atoms with van der Waals surface area (Å²) >= 11 is 0. The smallest absolute Gasteiger partial charge is 0.182 e. The number of Topliss-reactive ketones (excluding diaryl/α,β-unsaturated/α-hetero) is 1. The molecule has 0 radical (unpaired) electrons. The SMILES string of the molecule is CC(=O)c1cccc(N=Nc2c(C)nc3ccc(C)cn23)c1. The summed E-state index contributed by atoms with van der Waals surface area (Å²) in [4.78, 5) is 15.9. The van der Waals surface area contributed by atoms with Crippen LogP contribution in [0.25, 0.3) is 5.65 Å². The molecule has 3 aromatic rings. The Morgan fingerprint density at radius 1 is 1.14 bits per heavy atom. The molecule has 0 unspecified atom stereocenters. The van der Waals surface area contributed by atoms with Crippen molar-refractivity contribution in [2.75, 3.05) is 0 Å². The van der Waals surface area contributed by atoms with Gasteiger partial charge in [0.1, 0.15) is 5.65 Å². The highest BCUT2D eigenvalue weighted by Crippen LogP contribution is 2.24. The minimum absolute atomic E-state index is 0.0126. The minimum atomic E-state index is 0.0126. The van der Waals surface area contributed by atoms with Gasteiger partial charge in [0.05, 0.1) is 11.4 Å². The van der Waals surface area contributed by atoms with E-state index in [4.69, 9.17) is 0 Å². The Hall–Kier alpha value is -2.82. The van der Waals surface area contributed by atoms with E-state index in [1.165, 1.54) is 6.92 Å². The molecule has 0 N–H and O–H groups in total. The zero-order valence-electron chi connectivity index (χ0n) is 12.7. The number of benzene rings is 1. The summed E-state index contributed by atoms with van der Waals surface area (Å²) in [5.74, 6) is 0.714. The number of hydrogen-bond donors (Lipinski definition) is 0. The number of aromatic nitrogens is 2. The molecule has 2 heterocycles. The van der Waals surface area contributed by atoms with Crippen molar-refractivity contribution in [1.29, 1.82) is 0 Å². The largest absolute Gasteiger partial charge is 0.295 e. The molecule has 0 amide bonds. The maximum Gasteiger partial charge on any atom is 0.182 e.